The highest BCUT2D eigenvalue weighted by Gasteiger charge is 2.40. The molecule has 0 aliphatic carbocycles. The van der Waals surface area contributed by atoms with Crippen LogP contribution in [0.1, 0.15) is 30.3 Å². The Morgan fingerprint density at radius 3 is 3.00 bits per heavy atom. The van der Waals surface area contributed by atoms with Crippen molar-refractivity contribution in [2.75, 3.05) is 13.2 Å². The maximum Gasteiger partial charge on any atom is 0.290 e. The highest BCUT2D eigenvalue weighted by Crippen LogP contribution is 2.30. The van der Waals surface area contributed by atoms with Crippen LogP contribution in [-0.2, 0) is 0 Å². The lowest BCUT2D eigenvalue weighted by Gasteiger charge is -2.32. The van der Waals surface area contributed by atoms with E-state index in [-0.39, 0.29) is 12.5 Å². The first kappa shape index (κ1) is 11.7. The summed E-state index contributed by atoms with van der Waals surface area (Å²) in [5.41, 5.74) is -0.448. The van der Waals surface area contributed by atoms with E-state index in [1.807, 2.05) is 6.92 Å². The molecular formula is C11H14BrNO3. The third-order valence-electron chi connectivity index (χ3n) is 3.12. The van der Waals surface area contributed by atoms with Crippen LogP contribution in [-0.4, -0.2) is 34.6 Å². The first-order valence-electron chi connectivity index (χ1n) is 5.25. The number of rotatable bonds is 2. The second-order valence-corrected chi connectivity index (χ2v) is 5.10. The predicted octanol–water partition coefficient (Wildman–Crippen LogP) is 2.03. The molecule has 0 aromatic carbocycles. The minimum absolute atomic E-state index is 0.0133. The van der Waals surface area contributed by atoms with Gasteiger partial charge in [-0.1, -0.05) is 0 Å². The average molecular weight is 288 g/mol. The molecule has 1 aliphatic rings. The van der Waals surface area contributed by atoms with Crippen LogP contribution in [0.4, 0.5) is 0 Å². The van der Waals surface area contributed by atoms with E-state index in [2.05, 4.69) is 15.9 Å². The smallest absolute Gasteiger partial charge is 0.290 e. The molecule has 88 valence electrons. The van der Waals surface area contributed by atoms with Crippen molar-refractivity contribution >= 4 is 21.8 Å². The fraction of sp³-hybridized carbons (Fsp3) is 0.545. The van der Waals surface area contributed by atoms with Gasteiger partial charge >= 0.3 is 0 Å². The number of aliphatic hydroxyl groups excluding tert-OH is 1. The van der Waals surface area contributed by atoms with Crippen LogP contribution in [0.15, 0.2) is 21.2 Å². The first-order chi connectivity index (χ1) is 7.57. The molecule has 16 heavy (non-hydrogen) atoms. The molecule has 1 aromatic heterocycles. The Kier molecular flexibility index (Phi) is 3.08. The van der Waals surface area contributed by atoms with Crippen LogP contribution in [0.5, 0.6) is 0 Å². The molecule has 1 aromatic rings. The number of likely N-dealkylation sites (tertiary alicyclic amines) is 1. The molecule has 0 radical (unpaired) electrons. The molecule has 2 rings (SSSR count). The maximum absolute atomic E-state index is 12.1. The van der Waals surface area contributed by atoms with E-state index < -0.39 is 5.54 Å². The number of hydrogen-bond donors (Lipinski definition) is 1. The Morgan fingerprint density at radius 2 is 2.44 bits per heavy atom. The molecule has 0 unspecified atom stereocenters. The number of nitrogens with zero attached hydrogens (tertiary/aromatic N) is 1. The minimum Gasteiger partial charge on any atom is -0.444 e. The zero-order valence-electron chi connectivity index (χ0n) is 9.07. The van der Waals surface area contributed by atoms with Gasteiger partial charge in [-0.25, -0.2) is 0 Å². The number of carbonyl (C=O) groups excluding carboxylic acids is 1. The average Bonchev–Trinajstić information content (AvgIpc) is 2.85. The Bertz CT molecular complexity index is 404. The summed E-state index contributed by atoms with van der Waals surface area (Å²) in [4.78, 5) is 13.8. The van der Waals surface area contributed by atoms with Crippen molar-refractivity contribution < 1.29 is 14.3 Å². The van der Waals surface area contributed by atoms with Crippen molar-refractivity contribution in [3.8, 4) is 0 Å². The lowest BCUT2D eigenvalue weighted by molar-refractivity contribution is 0.0443. The van der Waals surface area contributed by atoms with Gasteiger partial charge in [-0.15, -0.1) is 0 Å². The van der Waals surface area contributed by atoms with E-state index in [0.29, 0.717) is 17.0 Å². The van der Waals surface area contributed by atoms with Gasteiger partial charge in [-0.3, -0.25) is 4.79 Å². The van der Waals surface area contributed by atoms with E-state index in [1.165, 1.54) is 0 Å². The molecule has 2 heterocycles. The van der Waals surface area contributed by atoms with Crippen LogP contribution >= 0.6 is 15.9 Å². The van der Waals surface area contributed by atoms with Gasteiger partial charge in [-0.05, 0) is 47.8 Å². The number of halogens is 1. The lowest BCUT2D eigenvalue weighted by atomic mass is 10.0. The first-order valence-corrected chi connectivity index (χ1v) is 6.04. The third kappa shape index (κ3) is 1.89. The minimum atomic E-state index is -0.448. The normalized spacial score (nSPS) is 25.1. The number of carbonyl (C=O) groups is 1. The topological polar surface area (TPSA) is 53.7 Å². The second kappa shape index (κ2) is 4.22. The standard InChI is InChI=1S/C11H14BrNO3/c1-11(7-14)5-2-6-13(11)10(15)8-3-4-9(12)16-8/h3-4,14H,2,5-7H2,1H3/t11-/m1/s1. The summed E-state index contributed by atoms with van der Waals surface area (Å²) in [7, 11) is 0. The van der Waals surface area contributed by atoms with E-state index >= 15 is 0 Å². The van der Waals surface area contributed by atoms with Gasteiger partial charge in [0.05, 0.1) is 12.1 Å². The molecule has 4 nitrogen and oxygen atoms in total. The molecule has 1 fully saturated rings. The largest absolute Gasteiger partial charge is 0.444 e. The maximum atomic E-state index is 12.1. The predicted molar refractivity (Wildman–Crippen MR) is 62.2 cm³/mol. The van der Waals surface area contributed by atoms with Crippen LogP contribution in [0.25, 0.3) is 0 Å². The summed E-state index contributed by atoms with van der Waals surface area (Å²) in [6.07, 6.45) is 1.75. The van der Waals surface area contributed by atoms with E-state index in [9.17, 15) is 9.90 Å². The lowest BCUT2D eigenvalue weighted by Crippen LogP contribution is -2.47. The number of furan rings is 1. The molecule has 0 spiro atoms. The van der Waals surface area contributed by atoms with Gasteiger partial charge in [-0.2, -0.15) is 0 Å². The summed E-state index contributed by atoms with van der Waals surface area (Å²) in [6.45, 7) is 2.56. The summed E-state index contributed by atoms with van der Waals surface area (Å²) >= 11 is 3.17. The molecule has 1 N–H and O–H groups in total. The molecule has 0 saturated carbocycles. The number of aliphatic hydroxyl groups is 1. The van der Waals surface area contributed by atoms with Crippen molar-refractivity contribution in [3.63, 3.8) is 0 Å². The van der Waals surface area contributed by atoms with Crippen LogP contribution < -0.4 is 0 Å². The van der Waals surface area contributed by atoms with Crippen LogP contribution in [0.3, 0.4) is 0 Å². The van der Waals surface area contributed by atoms with Crippen LogP contribution in [0, 0.1) is 0 Å². The van der Waals surface area contributed by atoms with Gasteiger partial charge in [0.15, 0.2) is 10.4 Å². The molecule has 1 amide bonds. The molecule has 0 bridgehead atoms. The molecule has 1 atom stereocenters. The van der Waals surface area contributed by atoms with E-state index in [1.54, 1.807) is 17.0 Å². The van der Waals surface area contributed by atoms with Crippen molar-refractivity contribution in [2.45, 2.75) is 25.3 Å². The van der Waals surface area contributed by atoms with Gasteiger partial charge < -0.3 is 14.4 Å². The van der Waals surface area contributed by atoms with Gasteiger partial charge in [0, 0.05) is 6.54 Å². The molecular weight excluding hydrogens is 274 g/mol. The third-order valence-corrected chi connectivity index (χ3v) is 3.54. The summed E-state index contributed by atoms with van der Waals surface area (Å²) in [6, 6.07) is 3.34. The molecule has 5 heteroatoms. The van der Waals surface area contributed by atoms with Crippen molar-refractivity contribution in [3.05, 3.63) is 22.6 Å². The van der Waals surface area contributed by atoms with Crippen molar-refractivity contribution in [1.29, 1.82) is 0 Å². The summed E-state index contributed by atoms with van der Waals surface area (Å²) in [5, 5.41) is 9.36. The number of amides is 1. The second-order valence-electron chi connectivity index (χ2n) is 4.32. The summed E-state index contributed by atoms with van der Waals surface area (Å²) in [5.74, 6) is 0.160. The monoisotopic (exact) mass is 287 g/mol. The Hall–Kier alpha value is -0.810. The fourth-order valence-electron chi connectivity index (χ4n) is 2.10. The zero-order valence-corrected chi connectivity index (χ0v) is 10.7. The van der Waals surface area contributed by atoms with Crippen LogP contribution in [0.2, 0.25) is 0 Å². The Balaban J connectivity index is 2.22. The van der Waals surface area contributed by atoms with E-state index in [0.717, 1.165) is 12.8 Å². The van der Waals surface area contributed by atoms with Gasteiger partial charge in [0.25, 0.3) is 5.91 Å². The van der Waals surface area contributed by atoms with Gasteiger partial charge in [0.1, 0.15) is 0 Å². The SMILES string of the molecule is C[C@]1(CO)CCCN1C(=O)c1ccc(Br)o1. The van der Waals surface area contributed by atoms with Gasteiger partial charge in [0.2, 0.25) is 0 Å². The zero-order chi connectivity index (χ0) is 11.8. The Labute approximate surface area is 102 Å². The molecule has 1 saturated heterocycles. The highest BCUT2D eigenvalue weighted by atomic mass is 79.9. The van der Waals surface area contributed by atoms with E-state index in [4.69, 9.17) is 4.42 Å². The quantitative estimate of drug-likeness (QED) is 0.906. The van der Waals surface area contributed by atoms with Crippen molar-refractivity contribution in [2.24, 2.45) is 0 Å². The van der Waals surface area contributed by atoms with Crippen molar-refractivity contribution in [1.82, 2.24) is 4.90 Å². The summed E-state index contributed by atoms with van der Waals surface area (Å²) < 4.78 is 5.78. The fourth-order valence-corrected chi connectivity index (χ4v) is 2.40. The Morgan fingerprint density at radius 1 is 1.69 bits per heavy atom. The molecule has 1 aliphatic heterocycles. The highest BCUT2D eigenvalue weighted by molar-refractivity contribution is 9.10. The number of hydrogen-bond acceptors (Lipinski definition) is 3.